The van der Waals surface area contributed by atoms with Gasteiger partial charge in [0.15, 0.2) is 29.0 Å². The molecule has 0 spiro atoms. The lowest BCUT2D eigenvalue weighted by Crippen LogP contribution is -2.07. The quantitative estimate of drug-likeness (QED) is 0.490. The third-order valence-electron chi connectivity index (χ3n) is 2.67. The second kappa shape index (κ2) is 5.32. The maximum Gasteiger partial charge on any atom is 0.196 e. The Morgan fingerprint density at radius 2 is 1.55 bits per heavy atom. The Labute approximate surface area is 111 Å². The van der Waals surface area contributed by atoms with Crippen LogP contribution in [0.5, 0.6) is 5.75 Å². The molecule has 104 valence electrons. The van der Waals surface area contributed by atoms with Crippen LogP contribution < -0.4 is 4.74 Å². The van der Waals surface area contributed by atoms with Crippen LogP contribution in [-0.2, 0) is 0 Å². The summed E-state index contributed by atoms with van der Waals surface area (Å²) < 4.78 is 57.4. The van der Waals surface area contributed by atoms with E-state index in [1.165, 1.54) is 19.2 Å². The van der Waals surface area contributed by atoms with E-state index >= 15 is 0 Å². The summed E-state index contributed by atoms with van der Waals surface area (Å²) in [6, 6.07) is 3.92. The van der Waals surface area contributed by atoms with Crippen LogP contribution >= 0.6 is 0 Å². The summed E-state index contributed by atoms with van der Waals surface area (Å²) in [6.07, 6.45) is 0. The maximum absolute atomic E-state index is 13.5. The van der Waals surface area contributed by atoms with Gasteiger partial charge in [0.1, 0.15) is 5.82 Å². The van der Waals surface area contributed by atoms with Gasteiger partial charge in [0, 0.05) is 11.6 Å². The monoisotopic (exact) mass is 284 g/mol. The Bertz CT molecular complexity index is 683. The van der Waals surface area contributed by atoms with Crippen LogP contribution in [0.2, 0.25) is 0 Å². The summed E-state index contributed by atoms with van der Waals surface area (Å²) in [4.78, 5) is 11.9. The molecule has 0 unspecified atom stereocenters. The van der Waals surface area contributed by atoms with Crippen molar-refractivity contribution in [3.05, 3.63) is 64.7 Å². The maximum atomic E-state index is 13.5. The molecule has 0 aliphatic heterocycles. The highest BCUT2D eigenvalue weighted by molar-refractivity contribution is 6.09. The van der Waals surface area contributed by atoms with Crippen LogP contribution in [0.4, 0.5) is 17.6 Å². The summed E-state index contributed by atoms with van der Waals surface area (Å²) in [6.45, 7) is 0. The van der Waals surface area contributed by atoms with Crippen LogP contribution in [0.15, 0.2) is 30.3 Å². The van der Waals surface area contributed by atoms with Gasteiger partial charge in [-0.1, -0.05) is 0 Å². The molecule has 2 nitrogen and oxygen atoms in total. The first-order valence-corrected chi connectivity index (χ1v) is 5.47. The average Bonchev–Trinajstić information content (AvgIpc) is 2.42. The lowest BCUT2D eigenvalue weighted by molar-refractivity contribution is 0.103. The molecule has 0 N–H and O–H groups in total. The van der Waals surface area contributed by atoms with Crippen LogP contribution in [0.25, 0.3) is 0 Å². The molecule has 0 bridgehead atoms. The van der Waals surface area contributed by atoms with E-state index in [-0.39, 0.29) is 17.4 Å². The number of carbonyl (C=O) groups excluding carboxylic acids is 1. The first-order valence-electron chi connectivity index (χ1n) is 5.47. The molecule has 0 heterocycles. The Hall–Kier alpha value is -2.37. The van der Waals surface area contributed by atoms with Crippen molar-refractivity contribution in [1.82, 2.24) is 0 Å². The standard InChI is InChI=1S/C14H8F4O2/c1-20-13-3-2-7(4-12(13)18)14(19)8-5-10(16)11(17)6-9(8)15/h2-6H,1H3. The number of benzene rings is 2. The van der Waals surface area contributed by atoms with Crippen molar-refractivity contribution in [2.24, 2.45) is 0 Å². The van der Waals surface area contributed by atoms with E-state index in [2.05, 4.69) is 4.74 Å². The van der Waals surface area contributed by atoms with Crippen molar-refractivity contribution < 1.29 is 27.1 Å². The van der Waals surface area contributed by atoms with Gasteiger partial charge in [0.2, 0.25) is 0 Å². The van der Waals surface area contributed by atoms with Crippen LogP contribution in [-0.4, -0.2) is 12.9 Å². The number of methoxy groups -OCH3 is 1. The van der Waals surface area contributed by atoms with Crippen LogP contribution in [0.3, 0.4) is 0 Å². The summed E-state index contributed by atoms with van der Waals surface area (Å²) in [5.41, 5.74) is -0.873. The van der Waals surface area contributed by atoms with Gasteiger partial charge in [-0.3, -0.25) is 4.79 Å². The van der Waals surface area contributed by atoms with Gasteiger partial charge in [0.05, 0.1) is 12.7 Å². The highest BCUT2D eigenvalue weighted by Crippen LogP contribution is 2.22. The molecule has 2 aromatic carbocycles. The van der Waals surface area contributed by atoms with E-state index < -0.39 is 34.6 Å². The Morgan fingerprint density at radius 1 is 0.900 bits per heavy atom. The number of carbonyl (C=O) groups is 1. The van der Waals surface area contributed by atoms with Gasteiger partial charge in [-0.25, -0.2) is 17.6 Å². The summed E-state index contributed by atoms with van der Waals surface area (Å²) in [7, 11) is 1.24. The van der Waals surface area contributed by atoms with E-state index in [9.17, 15) is 22.4 Å². The molecule has 0 saturated carbocycles. The summed E-state index contributed by atoms with van der Waals surface area (Å²) in [5, 5.41) is 0. The molecule has 0 aromatic heterocycles. The van der Waals surface area contributed by atoms with Crippen LogP contribution in [0, 0.1) is 23.3 Å². The average molecular weight is 284 g/mol. The van der Waals surface area contributed by atoms with Gasteiger partial charge in [-0.05, 0) is 24.3 Å². The van der Waals surface area contributed by atoms with Crippen molar-refractivity contribution >= 4 is 5.78 Å². The van der Waals surface area contributed by atoms with E-state index in [4.69, 9.17) is 0 Å². The fourth-order valence-electron chi connectivity index (χ4n) is 1.66. The first kappa shape index (κ1) is 14.0. The topological polar surface area (TPSA) is 26.3 Å². The Balaban J connectivity index is 2.46. The van der Waals surface area contributed by atoms with E-state index in [0.29, 0.717) is 6.07 Å². The minimum absolute atomic E-state index is 0.0905. The molecule has 0 radical (unpaired) electrons. The third kappa shape index (κ3) is 2.49. The van der Waals surface area contributed by atoms with Gasteiger partial charge in [-0.2, -0.15) is 0 Å². The van der Waals surface area contributed by atoms with Gasteiger partial charge in [-0.15, -0.1) is 0 Å². The lowest BCUT2D eigenvalue weighted by Gasteiger charge is -2.06. The Kier molecular flexibility index (Phi) is 3.74. The largest absolute Gasteiger partial charge is 0.494 e. The number of ether oxygens (including phenoxy) is 1. The Morgan fingerprint density at radius 3 is 2.15 bits per heavy atom. The normalized spacial score (nSPS) is 10.4. The van der Waals surface area contributed by atoms with Crippen molar-refractivity contribution in [2.75, 3.05) is 7.11 Å². The molecule has 2 aromatic rings. The molecule has 0 saturated heterocycles. The fraction of sp³-hybridized carbons (Fsp3) is 0.0714. The zero-order valence-corrected chi connectivity index (χ0v) is 10.2. The molecular weight excluding hydrogens is 276 g/mol. The van der Waals surface area contributed by atoms with E-state index in [1.54, 1.807) is 0 Å². The van der Waals surface area contributed by atoms with Gasteiger partial charge < -0.3 is 4.74 Å². The predicted octanol–water partition coefficient (Wildman–Crippen LogP) is 3.48. The highest BCUT2D eigenvalue weighted by Gasteiger charge is 2.19. The zero-order chi connectivity index (χ0) is 14.9. The summed E-state index contributed by atoms with van der Waals surface area (Å²) in [5.74, 6) is -5.84. The fourth-order valence-corrected chi connectivity index (χ4v) is 1.66. The molecule has 0 aliphatic carbocycles. The van der Waals surface area contributed by atoms with Crippen molar-refractivity contribution in [2.45, 2.75) is 0 Å². The minimum Gasteiger partial charge on any atom is -0.494 e. The molecule has 0 fully saturated rings. The van der Waals surface area contributed by atoms with Crippen molar-refractivity contribution in [1.29, 1.82) is 0 Å². The minimum atomic E-state index is -1.40. The van der Waals surface area contributed by atoms with Crippen molar-refractivity contribution in [3.63, 3.8) is 0 Å². The molecular formula is C14H8F4O2. The highest BCUT2D eigenvalue weighted by atomic mass is 19.2. The second-order valence-corrected chi connectivity index (χ2v) is 3.92. The van der Waals surface area contributed by atoms with Crippen LogP contribution in [0.1, 0.15) is 15.9 Å². The third-order valence-corrected chi connectivity index (χ3v) is 2.67. The molecule has 0 aliphatic rings. The second-order valence-electron chi connectivity index (χ2n) is 3.92. The SMILES string of the molecule is COc1ccc(C(=O)c2cc(F)c(F)cc2F)cc1F. The molecule has 0 atom stereocenters. The molecule has 0 amide bonds. The van der Waals surface area contributed by atoms with Crippen molar-refractivity contribution in [3.8, 4) is 5.75 Å². The number of hydrogen-bond donors (Lipinski definition) is 0. The number of halogens is 4. The molecule has 6 heteroatoms. The smallest absolute Gasteiger partial charge is 0.196 e. The predicted molar refractivity (Wildman–Crippen MR) is 62.7 cm³/mol. The number of rotatable bonds is 3. The molecule has 2 rings (SSSR count). The lowest BCUT2D eigenvalue weighted by atomic mass is 10.0. The first-order chi connectivity index (χ1) is 9.43. The van der Waals surface area contributed by atoms with E-state index in [0.717, 1.165) is 6.07 Å². The summed E-state index contributed by atoms with van der Waals surface area (Å²) >= 11 is 0. The zero-order valence-electron chi connectivity index (χ0n) is 10.2. The molecule has 20 heavy (non-hydrogen) atoms. The van der Waals surface area contributed by atoms with Gasteiger partial charge >= 0.3 is 0 Å². The number of hydrogen-bond acceptors (Lipinski definition) is 2. The van der Waals surface area contributed by atoms with Gasteiger partial charge in [0.25, 0.3) is 0 Å². The van der Waals surface area contributed by atoms with E-state index in [1.807, 2.05) is 0 Å². The number of ketones is 1.